The molecule has 3 fully saturated rings. The molecule has 5 heterocycles. The number of para-hydroxylation sites is 1. The molecule has 4 N–H and O–H groups in total. The molecule has 0 spiro atoms. The van der Waals surface area contributed by atoms with Gasteiger partial charge in [0, 0.05) is 31.9 Å². The van der Waals surface area contributed by atoms with E-state index in [-0.39, 0.29) is 0 Å². The molecule has 3 aromatic carbocycles. The first-order chi connectivity index (χ1) is 18.3. The van der Waals surface area contributed by atoms with E-state index in [1.165, 1.54) is 85.1 Å². The molecule has 6 aliphatic rings. The molecule has 1 saturated carbocycles. The highest BCUT2D eigenvalue weighted by atomic mass is 14.9. The second-order valence-corrected chi connectivity index (χ2v) is 10.9. The van der Waals surface area contributed by atoms with Crippen LogP contribution in [0.15, 0.2) is 72.8 Å². The summed E-state index contributed by atoms with van der Waals surface area (Å²) in [5, 5.41) is 13.4. The van der Waals surface area contributed by atoms with Crippen LogP contribution in [-0.2, 0) is 32.5 Å². The molecule has 1 aliphatic carbocycles. The Morgan fingerprint density at radius 3 is 1.54 bits per heavy atom. The van der Waals surface area contributed by atoms with Crippen molar-refractivity contribution in [1.82, 2.24) is 16.0 Å². The van der Waals surface area contributed by atoms with Crippen molar-refractivity contribution in [2.75, 3.05) is 31.5 Å². The number of benzene rings is 3. The van der Waals surface area contributed by atoms with Crippen molar-refractivity contribution in [3.05, 3.63) is 101 Å². The summed E-state index contributed by atoms with van der Waals surface area (Å²) in [7, 11) is 0. The molecular formula is C33H44N4. The summed E-state index contributed by atoms with van der Waals surface area (Å²) in [6, 6.07) is 25.6. The van der Waals surface area contributed by atoms with Crippen molar-refractivity contribution in [2.45, 2.75) is 58.2 Å². The summed E-state index contributed by atoms with van der Waals surface area (Å²) in [6.07, 6.45) is 8.37. The van der Waals surface area contributed by atoms with Gasteiger partial charge in [-0.1, -0.05) is 66.7 Å². The summed E-state index contributed by atoms with van der Waals surface area (Å²) in [5.41, 5.74) is 8.67. The lowest BCUT2D eigenvalue weighted by molar-refractivity contribution is 0.326. The van der Waals surface area contributed by atoms with Crippen LogP contribution in [0, 0.1) is 11.8 Å². The Bertz CT molecular complexity index is 965. The van der Waals surface area contributed by atoms with Gasteiger partial charge in [-0.2, -0.15) is 0 Å². The second kappa shape index (κ2) is 13.8. The summed E-state index contributed by atoms with van der Waals surface area (Å²) >= 11 is 0. The first kappa shape index (κ1) is 26.0. The van der Waals surface area contributed by atoms with E-state index in [0.29, 0.717) is 0 Å². The molecule has 2 bridgehead atoms. The normalized spacial score (nSPS) is 22.2. The number of rotatable bonds is 0. The summed E-state index contributed by atoms with van der Waals surface area (Å²) in [4.78, 5) is 0. The van der Waals surface area contributed by atoms with Gasteiger partial charge in [-0.3, -0.25) is 0 Å². The van der Waals surface area contributed by atoms with E-state index >= 15 is 0 Å². The van der Waals surface area contributed by atoms with Crippen molar-refractivity contribution in [2.24, 2.45) is 11.8 Å². The van der Waals surface area contributed by atoms with Crippen LogP contribution in [0.5, 0.6) is 0 Å². The predicted octanol–water partition coefficient (Wildman–Crippen LogP) is 5.67. The lowest BCUT2D eigenvalue weighted by atomic mass is 9.84. The van der Waals surface area contributed by atoms with Gasteiger partial charge >= 0.3 is 0 Å². The van der Waals surface area contributed by atoms with E-state index < -0.39 is 0 Å². The molecule has 2 saturated heterocycles. The third-order valence-electron chi connectivity index (χ3n) is 8.31. The van der Waals surface area contributed by atoms with Gasteiger partial charge in [0.15, 0.2) is 0 Å². The average molecular weight is 497 g/mol. The van der Waals surface area contributed by atoms with Crippen LogP contribution < -0.4 is 21.3 Å². The molecule has 0 amide bonds. The van der Waals surface area contributed by atoms with Crippen molar-refractivity contribution in [1.29, 1.82) is 0 Å². The Morgan fingerprint density at radius 2 is 0.946 bits per heavy atom. The summed E-state index contributed by atoms with van der Waals surface area (Å²) < 4.78 is 0. The molecule has 37 heavy (non-hydrogen) atoms. The SMILES string of the molecule is C1CC2CCC1CNC2.c1ccc2c(c1)CCN2.c1ccc2c(c1)CCNC2.c1ccc2c(c1)CNC2. The fourth-order valence-electron chi connectivity index (χ4n) is 6.03. The zero-order valence-corrected chi connectivity index (χ0v) is 22.3. The number of hydrogen-bond donors (Lipinski definition) is 4. The fourth-order valence-corrected chi connectivity index (χ4v) is 6.03. The molecule has 4 nitrogen and oxygen atoms in total. The zero-order valence-electron chi connectivity index (χ0n) is 22.3. The Morgan fingerprint density at radius 1 is 0.459 bits per heavy atom. The number of fused-ring (bicyclic) bond motifs is 7. The molecule has 5 aliphatic heterocycles. The maximum Gasteiger partial charge on any atom is 0.0373 e. The maximum absolute atomic E-state index is 3.51. The minimum Gasteiger partial charge on any atom is -0.384 e. The first-order valence-electron chi connectivity index (χ1n) is 14.4. The quantitative estimate of drug-likeness (QED) is 0.324. The van der Waals surface area contributed by atoms with Gasteiger partial charge in [0.05, 0.1) is 0 Å². The van der Waals surface area contributed by atoms with Crippen molar-refractivity contribution >= 4 is 5.69 Å². The van der Waals surface area contributed by atoms with Crippen LogP contribution in [0.25, 0.3) is 0 Å². The highest BCUT2D eigenvalue weighted by Gasteiger charge is 2.24. The molecule has 0 atom stereocenters. The van der Waals surface area contributed by atoms with Gasteiger partial charge in [0.25, 0.3) is 0 Å². The number of nitrogens with one attached hydrogen (secondary N) is 4. The Balaban J connectivity index is 0.000000101. The lowest BCUT2D eigenvalue weighted by Gasteiger charge is -2.21. The van der Waals surface area contributed by atoms with Crippen LogP contribution in [0.4, 0.5) is 5.69 Å². The van der Waals surface area contributed by atoms with E-state index in [2.05, 4.69) is 94.1 Å². The van der Waals surface area contributed by atoms with E-state index in [9.17, 15) is 0 Å². The Labute approximate surface area is 223 Å². The predicted molar refractivity (Wildman–Crippen MR) is 156 cm³/mol. The first-order valence-corrected chi connectivity index (χ1v) is 14.4. The molecule has 9 rings (SSSR count). The molecule has 0 unspecified atom stereocenters. The number of anilines is 1. The van der Waals surface area contributed by atoms with E-state index in [4.69, 9.17) is 0 Å². The molecule has 0 aromatic heterocycles. The Hall–Kier alpha value is -2.66. The third kappa shape index (κ3) is 7.67. The van der Waals surface area contributed by atoms with Gasteiger partial charge in [-0.05, 0) is 104 Å². The van der Waals surface area contributed by atoms with Gasteiger partial charge in [-0.15, -0.1) is 0 Å². The topological polar surface area (TPSA) is 48.1 Å². The average Bonchev–Trinajstić information content (AvgIpc) is 3.53. The number of hydrogen-bond acceptors (Lipinski definition) is 4. The molecule has 196 valence electrons. The third-order valence-corrected chi connectivity index (χ3v) is 8.31. The molecule has 4 heteroatoms. The van der Waals surface area contributed by atoms with E-state index in [1.54, 1.807) is 0 Å². The molecule has 0 radical (unpaired) electrons. The van der Waals surface area contributed by atoms with E-state index in [1.807, 2.05) is 0 Å². The second-order valence-electron chi connectivity index (χ2n) is 10.9. The van der Waals surface area contributed by atoms with E-state index in [0.717, 1.165) is 44.6 Å². The van der Waals surface area contributed by atoms with Crippen LogP contribution >= 0.6 is 0 Å². The fraction of sp³-hybridized carbons (Fsp3) is 0.455. The minimum atomic E-state index is 1.03. The monoisotopic (exact) mass is 496 g/mol. The van der Waals surface area contributed by atoms with Crippen LogP contribution in [0.3, 0.4) is 0 Å². The van der Waals surface area contributed by atoms with Crippen molar-refractivity contribution in [3.8, 4) is 0 Å². The largest absolute Gasteiger partial charge is 0.384 e. The van der Waals surface area contributed by atoms with Crippen molar-refractivity contribution < 1.29 is 0 Å². The van der Waals surface area contributed by atoms with Gasteiger partial charge in [0.1, 0.15) is 0 Å². The minimum absolute atomic E-state index is 1.03. The van der Waals surface area contributed by atoms with Crippen LogP contribution in [0.1, 0.15) is 53.5 Å². The molecular weight excluding hydrogens is 452 g/mol. The zero-order chi connectivity index (χ0) is 25.1. The smallest absolute Gasteiger partial charge is 0.0373 e. The van der Waals surface area contributed by atoms with Crippen LogP contribution in [0.2, 0.25) is 0 Å². The van der Waals surface area contributed by atoms with Crippen molar-refractivity contribution in [3.63, 3.8) is 0 Å². The summed E-state index contributed by atoms with van der Waals surface area (Å²) in [5.74, 6) is 2.06. The standard InChI is InChI=1S/C9H11N.C8H15N.2C8H9N/c1-2-4-9-7-10-6-5-8(9)3-1;1-2-8-4-3-7(1)5-9-6-8;1-2-4-8-6-9-5-7(8)3-1;1-2-4-8-7(3-1)5-6-9-8/h1-4,10H,5-7H2;7-9H,1-6H2;2*1-4,9H,5-6H2. The molecule has 3 aromatic rings. The van der Waals surface area contributed by atoms with Gasteiger partial charge in [0.2, 0.25) is 0 Å². The maximum atomic E-state index is 3.51. The lowest BCUT2D eigenvalue weighted by Crippen LogP contribution is -2.23. The van der Waals surface area contributed by atoms with Crippen LogP contribution in [-0.4, -0.2) is 26.2 Å². The highest BCUT2D eigenvalue weighted by Crippen LogP contribution is 2.30. The summed E-state index contributed by atoms with van der Waals surface area (Å²) in [6.45, 7) is 8.01. The highest BCUT2D eigenvalue weighted by molar-refractivity contribution is 5.54. The Kier molecular flexibility index (Phi) is 9.66. The van der Waals surface area contributed by atoms with Gasteiger partial charge < -0.3 is 21.3 Å². The van der Waals surface area contributed by atoms with Gasteiger partial charge in [-0.25, -0.2) is 0 Å².